The zero-order chi connectivity index (χ0) is 14.7. The summed E-state index contributed by atoms with van der Waals surface area (Å²) in [5.41, 5.74) is 1.17. The molecule has 4 atom stereocenters. The molecule has 114 valence electrons. The van der Waals surface area contributed by atoms with Gasteiger partial charge in [0.1, 0.15) is 0 Å². The molecule has 2 heterocycles. The van der Waals surface area contributed by atoms with E-state index in [-0.39, 0.29) is 24.2 Å². The summed E-state index contributed by atoms with van der Waals surface area (Å²) >= 11 is 0. The van der Waals surface area contributed by atoms with Gasteiger partial charge in [0, 0.05) is 0 Å². The number of nitrogens with one attached hydrogen (secondary N) is 2. The topological polar surface area (TPSA) is 50.4 Å². The molecule has 1 aromatic carbocycles. The van der Waals surface area contributed by atoms with Gasteiger partial charge in [-0.3, -0.25) is 0 Å². The van der Waals surface area contributed by atoms with E-state index in [2.05, 4.69) is 29.7 Å². The van der Waals surface area contributed by atoms with E-state index in [1.807, 2.05) is 18.2 Å². The highest BCUT2D eigenvalue weighted by molar-refractivity contribution is 5.75. The zero-order valence-electron chi connectivity index (χ0n) is 12.5. The predicted octanol–water partition coefficient (Wildman–Crippen LogP) is 3.15. The molecule has 2 N–H and O–H groups in total. The molecule has 2 aliphatic heterocycles. The van der Waals surface area contributed by atoms with Crippen molar-refractivity contribution in [3.05, 3.63) is 35.9 Å². The first-order valence-corrected chi connectivity index (χ1v) is 8.03. The number of rotatable bonds is 5. The van der Waals surface area contributed by atoms with Crippen molar-refractivity contribution in [3.8, 4) is 0 Å². The molecule has 2 saturated heterocycles. The molecule has 2 fully saturated rings. The molecule has 1 aromatic rings. The van der Waals surface area contributed by atoms with Crippen molar-refractivity contribution in [2.75, 3.05) is 0 Å². The van der Waals surface area contributed by atoms with Gasteiger partial charge >= 0.3 is 6.03 Å². The largest absolute Gasteiger partial charge is 0.373 e. The van der Waals surface area contributed by atoms with Crippen LogP contribution in [0.15, 0.2) is 30.3 Å². The van der Waals surface area contributed by atoms with Crippen molar-refractivity contribution in [2.24, 2.45) is 0 Å². The maximum atomic E-state index is 12.3. The predicted molar refractivity (Wildman–Crippen MR) is 82.1 cm³/mol. The van der Waals surface area contributed by atoms with Gasteiger partial charge < -0.3 is 15.4 Å². The summed E-state index contributed by atoms with van der Waals surface area (Å²) in [6, 6.07) is 10.4. The lowest BCUT2D eigenvalue weighted by Crippen LogP contribution is -2.47. The molecule has 2 amide bonds. The van der Waals surface area contributed by atoms with Crippen LogP contribution < -0.4 is 10.6 Å². The fraction of sp³-hybridized carbons (Fsp3) is 0.588. The lowest BCUT2D eigenvalue weighted by Gasteiger charge is -2.23. The Bertz CT molecular complexity index is 477. The standard InChI is InChI=1S/C17H24N2O2/c1-2-6-14(12-7-4-3-5-8-12)18-17(20)19-15-11-13-9-10-16(15)21-13/h3-5,7-8,13-16H,2,6,9-11H2,1H3,(H2,18,19,20)/t13-,14+,15+,16-/m1/s1. The number of hydrogen-bond donors (Lipinski definition) is 2. The van der Waals surface area contributed by atoms with Gasteiger partial charge in [-0.1, -0.05) is 43.7 Å². The van der Waals surface area contributed by atoms with Crippen molar-refractivity contribution < 1.29 is 9.53 Å². The van der Waals surface area contributed by atoms with Crippen molar-refractivity contribution in [1.82, 2.24) is 10.6 Å². The number of urea groups is 1. The minimum Gasteiger partial charge on any atom is -0.373 e. The van der Waals surface area contributed by atoms with Crippen molar-refractivity contribution >= 4 is 6.03 Å². The van der Waals surface area contributed by atoms with Crippen LogP contribution in [0.25, 0.3) is 0 Å². The van der Waals surface area contributed by atoms with E-state index in [4.69, 9.17) is 4.74 Å². The summed E-state index contributed by atoms with van der Waals surface area (Å²) in [6.45, 7) is 2.14. The summed E-state index contributed by atoms with van der Waals surface area (Å²) in [6.07, 6.45) is 5.76. The lowest BCUT2D eigenvalue weighted by molar-refractivity contribution is 0.0980. The van der Waals surface area contributed by atoms with Crippen LogP contribution in [0, 0.1) is 0 Å². The SMILES string of the molecule is CCC[C@H](NC(=O)N[C@H]1C[C@H]2CC[C@H]1O2)c1ccccc1. The molecule has 3 rings (SSSR count). The Morgan fingerprint density at radius 2 is 2.14 bits per heavy atom. The third-order valence-electron chi connectivity index (χ3n) is 4.51. The van der Waals surface area contributed by atoms with Gasteiger partial charge in [-0.25, -0.2) is 4.79 Å². The number of carbonyl (C=O) groups excluding carboxylic acids is 1. The van der Waals surface area contributed by atoms with Gasteiger partial charge in [0.2, 0.25) is 0 Å². The Morgan fingerprint density at radius 3 is 2.76 bits per heavy atom. The van der Waals surface area contributed by atoms with Crippen LogP contribution in [-0.2, 0) is 4.74 Å². The maximum absolute atomic E-state index is 12.3. The average molecular weight is 288 g/mol. The van der Waals surface area contributed by atoms with Gasteiger partial charge in [0.05, 0.1) is 24.3 Å². The number of benzene rings is 1. The molecule has 0 radical (unpaired) electrons. The summed E-state index contributed by atoms with van der Waals surface area (Å²) in [5, 5.41) is 6.21. The van der Waals surface area contributed by atoms with Gasteiger partial charge in [-0.2, -0.15) is 0 Å². The molecule has 21 heavy (non-hydrogen) atoms. The van der Waals surface area contributed by atoms with Gasteiger partial charge in [-0.15, -0.1) is 0 Å². The van der Waals surface area contributed by atoms with E-state index in [9.17, 15) is 4.79 Å². The van der Waals surface area contributed by atoms with Gasteiger partial charge in [0.25, 0.3) is 0 Å². The quantitative estimate of drug-likeness (QED) is 0.874. The second kappa shape index (κ2) is 6.48. The van der Waals surface area contributed by atoms with Gasteiger partial charge in [0.15, 0.2) is 0 Å². The van der Waals surface area contributed by atoms with E-state index < -0.39 is 0 Å². The first kappa shape index (κ1) is 14.4. The highest BCUT2D eigenvalue weighted by Crippen LogP contribution is 2.34. The zero-order valence-corrected chi connectivity index (χ0v) is 12.5. The minimum atomic E-state index is -0.0709. The molecular formula is C17H24N2O2. The van der Waals surface area contributed by atoms with Crippen LogP contribution in [0.1, 0.15) is 50.6 Å². The molecule has 2 bridgehead atoms. The molecule has 0 aromatic heterocycles. The van der Waals surface area contributed by atoms with E-state index in [0.717, 1.165) is 32.1 Å². The molecule has 0 aliphatic carbocycles. The monoisotopic (exact) mass is 288 g/mol. The fourth-order valence-electron chi connectivity index (χ4n) is 3.45. The molecule has 2 aliphatic rings. The normalized spacial score (nSPS) is 28.3. The molecular weight excluding hydrogens is 264 g/mol. The Kier molecular flexibility index (Phi) is 4.44. The van der Waals surface area contributed by atoms with Crippen molar-refractivity contribution in [1.29, 1.82) is 0 Å². The molecule has 0 unspecified atom stereocenters. The van der Waals surface area contributed by atoms with E-state index >= 15 is 0 Å². The second-order valence-electron chi connectivity index (χ2n) is 6.09. The number of amides is 2. The van der Waals surface area contributed by atoms with E-state index in [1.54, 1.807) is 0 Å². The summed E-state index contributed by atoms with van der Waals surface area (Å²) < 4.78 is 5.78. The molecule has 0 spiro atoms. The Hall–Kier alpha value is -1.55. The molecule has 4 nitrogen and oxygen atoms in total. The smallest absolute Gasteiger partial charge is 0.315 e. The second-order valence-corrected chi connectivity index (χ2v) is 6.09. The van der Waals surface area contributed by atoms with Crippen LogP contribution in [0.5, 0.6) is 0 Å². The summed E-state index contributed by atoms with van der Waals surface area (Å²) in [7, 11) is 0. The van der Waals surface area contributed by atoms with Crippen molar-refractivity contribution in [3.63, 3.8) is 0 Å². The third kappa shape index (κ3) is 3.38. The third-order valence-corrected chi connectivity index (χ3v) is 4.51. The lowest BCUT2D eigenvalue weighted by atomic mass is 9.95. The van der Waals surface area contributed by atoms with Gasteiger partial charge in [-0.05, 0) is 31.2 Å². The Balaban J connectivity index is 1.56. The van der Waals surface area contributed by atoms with E-state index in [0.29, 0.717) is 6.10 Å². The number of ether oxygens (including phenoxy) is 1. The van der Waals surface area contributed by atoms with Crippen LogP contribution in [0.3, 0.4) is 0 Å². The maximum Gasteiger partial charge on any atom is 0.315 e. The average Bonchev–Trinajstić information content (AvgIpc) is 3.10. The number of hydrogen-bond acceptors (Lipinski definition) is 2. The first-order chi connectivity index (χ1) is 10.3. The van der Waals surface area contributed by atoms with E-state index in [1.165, 1.54) is 5.56 Å². The number of carbonyl (C=O) groups is 1. The Morgan fingerprint density at radius 1 is 1.33 bits per heavy atom. The summed E-state index contributed by atoms with van der Waals surface area (Å²) in [5.74, 6) is 0. The van der Waals surface area contributed by atoms with Crippen molar-refractivity contribution in [2.45, 2.75) is 63.3 Å². The van der Waals surface area contributed by atoms with Crippen LogP contribution >= 0.6 is 0 Å². The molecule has 4 heteroatoms. The van der Waals surface area contributed by atoms with Crippen LogP contribution in [0.2, 0.25) is 0 Å². The summed E-state index contributed by atoms with van der Waals surface area (Å²) in [4.78, 5) is 12.3. The fourth-order valence-corrected chi connectivity index (χ4v) is 3.45. The Labute approximate surface area is 126 Å². The number of fused-ring (bicyclic) bond motifs is 2. The molecule has 0 saturated carbocycles. The first-order valence-electron chi connectivity index (χ1n) is 8.03. The van der Waals surface area contributed by atoms with Crippen LogP contribution in [-0.4, -0.2) is 24.3 Å². The highest BCUT2D eigenvalue weighted by Gasteiger charge is 2.41. The minimum absolute atomic E-state index is 0.0709. The highest BCUT2D eigenvalue weighted by atomic mass is 16.5. The van der Waals surface area contributed by atoms with Crippen LogP contribution in [0.4, 0.5) is 4.79 Å².